The number of para-hydroxylation sites is 1. The van der Waals surface area contributed by atoms with Gasteiger partial charge in [-0.2, -0.15) is 13.2 Å². The summed E-state index contributed by atoms with van der Waals surface area (Å²) in [5.74, 6) is 0.411. The van der Waals surface area contributed by atoms with E-state index in [1.54, 1.807) is 13.0 Å². The maximum atomic E-state index is 13.2. The number of fused-ring (bicyclic) bond motifs is 2. The fourth-order valence-electron chi connectivity index (χ4n) is 6.82. The standard InChI is InChI=1S/C42H44F3N3O6/c1-3-51-39(49)14-7-8-24-48(36-12-9-11-33-32(36)20-21-34(46-33)41(50)52-4-2)25-23-29-10-5-6-13-37(29)53-27-28-15-17-30(18-16-28)40-47-35-26-31(42(43,44)45)19-22-38(35)54-40/h5-6,10,13,15-22,26,36H,3-4,7-9,11-12,14,23-25,27H2,1-2H3. The number of benzene rings is 3. The Morgan fingerprint density at radius 1 is 0.907 bits per heavy atom. The van der Waals surface area contributed by atoms with Crippen LogP contribution in [0.3, 0.4) is 0 Å². The summed E-state index contributed by atoms with van der Waals surface area (Å²) in [6.45, 7) is 6.08. The van der Waals surface area contributed by atoms with E-state index < -0.39 is 17.7 Å². The quantitative estimate of drug-likeness (QED) is 0.0723. The molecule has 0 bridgehead atoms. The Kier molecular flexibility index (Phi) is 12.6. The number of hydrogen-bond donors (Lipinski definition) is 0. The van der Waals surface area contributed by atoms with E-state index >= 15 is 0 Å². The summed E-state index contributed by atoms with van der Waals surface area (Å²) in [5, 5.41) is 0. The molecular formula is C42H44F3N3O6. The van der Waals surface area contributed by atoms with Crippen LogP contribution in [0.5, 0.6) is 5.75 Å². The summed E-state index contributed by atoms with van der Waals surface area (Å²) in [4.78, 5) is 35.9. The van der Waals surface area contributed by atoms with Crippen molar-refractivity contribution >= 4 is 23.0 Å². The van der Waals surface area contributed by atoms with Crippen LogP contribution < -0.4 is 4.74 Å². The number of pyridine rings is 1. The molecule has 1 atom stereocenters. The molecule has 3 aromatic carbocycles. The first-order chi connectivity index (χ1) is 26.1. The van der Waals surface area contributed by atoms with Crippen molar-refractivity contribution < 1.29 is 41.4 Å². The molecule has 0 fully saturated rings. The Hall–Kier alpha value is -5.23. The molecule has 54 heavy (non-hydrogen) atoms. The largest absolute Gasteiger partial charge is 0.489 e. The van der Waals surface area contributed by atoms with Crippen molar-refractivity contribution in [3.63, 3.8) is 0 Å². The highest BCUT2D eigenvalue weighted by Gasteiger charge is 2.31. The van der Waals surface area contributed by atoms with E-state index in [-0.39, 0.29) is 29.0 Å². The summed E-state index contributed by atoms with van der Waals surface area (Å²) >= 11 is 0. The lowest BCUT2D eigenvalue weighted by Gasteiger charge is -2.36. The van der Waals surface area contributed by atoms with Gasteiger partial charge in [0.05, 0.1) is 18.8 Å². The lowest BCUT2D eigenvalue weighted by molar-refractivity contribution is -0.143. The minimum atomic E-state index is -4.46. The van der Waals surface area contributed by atoms with Gasteiger partial charge in [-0.05, 0) is 118 Å². The van der Waals surface area contributed by atoms with Crippen LogP contribution in [0.4, 0.5) is 13.2 Å². The van der Waals surface area contributed by atoms with Crippen LogP contribution in [0, 0.1) is 0 Å². The van der Waals surface area contributed by atoms with E-state index in [1.165, 1.54) is 6.07 Å². The minimum Gasteiger partial charge on any atom is -0.489 e. The van der Waals surface area contributed by atoms with E-state index in [2.05, 4.69) is 16.0 Å². The summed E-state index contributed by atoms with van der Waals surface area (Å²) < 4.78 is 61.9. The third kappa shape index (κ3) is 9.65. The van der Waals surface area contributed by atoms with E-state index in [1.807, 2.05) is 55.5 Å². The fourth-order valence-corrected chi connectivity index (χ4v) is 6.82. The number of oxazole rings is 1. The number of esters is 2. The number of aryl methyl sites for hydroxylation is 1. The number of rotatable bonds is 16. The number of unbranched alkanes of at least 4 members (excludes halogenated alkanes) is 1. The molecule has 0 amide bonds. The molecule has 2 aromatic heterocycles. The molecule has 0 saturated carbocycles. The van der Waals surface area contributed by atoms with Crippen molar-refractivity contribution in [2.45, 2.75) is 77.6 Å². The summed E-state index contributed by atoms with van der Waals surface area (Å²) in [7, 11) is 0. The molecule has 9 nitrogen and oxygen atoms in total. The Labute approximate surface area is 312 Å². The van der Waals surface area contributed by atoms with Gasteiger partial charge in [0.2, 0.25) is 5.89 Å². The zero-order valence-electron chi connectivity index (χ0n) is 30.5. The average molecular weight is 744 g/mol. The lowest BCUT2D eigenvalue weighted by Crippen LogP contribution is -2.34. The van der Waals surface area contributed by atoms with Gasteiger partial charge in [0.1, 0.15) is 23.6 Å². The lowest BCUT2D eigenvalue weighted by atomic mass is 9.89. The first-order valence-electron chi connectivity index (χ1n) is 18.5. The van der Waals surface area contributed by atoms with Gasteiger partial charge in [-0.15, -0.1) is 0 Å². The molecule has 6 rings (SSSR count). The van der Waals surface area contributed by atoms with E-state index in [9.17, 15) is 22.8 Å². The maximum Gasteiger partial charge on any atom is 0.416 e. The van der Waals surface area contributed by atoms with Crippen molar-refractivity contribution in [1.82, 2.24) is 14.9 Å². The van der Waals surface area contributed by atoms with Crippen LogP contribution in [0.25, 0.3) is 22.6 Å². The molecule has 1 aliphatic rings. The highest BCUT2D eigenvalue weighted by molar-refractivity contribution is 5.87. The normalized spacial score (nSPS) is 14.2. The summed E-state index contributed by atoms with van der Waals surface area (Å²) in [6, 6.07) is 22.5. The molecule has 0 saturated heterocycles. The van der Waals surface area contributed by atoms with E-state index in [4.69, 9.17) is 23.6 Å². The molecule has 284 valence electrons. The summed E-state index contributed by atoms with van der Waals surface area (Å²) in [5.41, 5.74) is 4.63. The molecule has 1 aliphatic carbocycles. The number of alkyl halides is 3. The first kappa shape index (κ1) is 38.5. The van der Waals surface area contributed by atoms with Gasteiger partial charge in [0.15, 0.2) is 5.58 Å². The molecule has 0 spiro atoms. The van der Waals surface area contributed by atoms with Gasteiger partial charge < -0.3 is 18.6 Å². The predicted molar refractivity (Wildman–Crippen MR) is 197 cm³/mol. The second-order valence-electron chi connectivity index (χ2n) is 13.2. The average Bonchev–Trinajstić information content (AvgIpc) is 3.61. The smallest absolute Gasteiger partial charge is 0.416 e. The molecule has 2 heterocycles. The second kappa shape index (κ2) is 17.7. The molecule has 5 aromatic rings. The molecule has 0 radical (unpaired) electrons. The number of halogens is 3. The second-order valence-corrected chi connectivity index (χ2v) is 13.2. The zero-order valence-corrected chi connectivity index (χ0v) is 30.5. The summed E-state index contributed by atoms with van der Waals surface area (Å²) in [6.07, 6.45) is 0.882. The van der Waals surface area contributed by atoms with E-state index in [0.29, 0.717) is 37.5 Å². The Morgan fingerprint density at radius 3 is 2.48 bits per heavy atom. The van der Waals surface area contributed by atoms with Gasteiger partial charge in [-0.25, -0.2) is 14.8 Å². The molecule has 0 aliphatic heterocycles. The number of hydrogen-bond acceptors (Lipinski definition) is 9. The highest BCUT2D eigenvalue weighted by atomic mass is 19.4. The number of carbonyl (C=O) groups excluding carboxylic acids is 2. The molecule has 1 unspecified atom stereocenters. The molecule has 0 N–H and O–H groups in total. The third-order valence-electron chi connectivity index (χ3n) is 9.52. The minimum absolute atomic E-state index is 0.111. The van der Waals surface area contributed by atoms with Crippen molar-refractivity contribution in [3.8, 4) is 17.2 Å². The topological polar surface area (TPSA) is 104 Å². The zero-order chi connectivity index (χ0) is 38.1. The Morgan fingerprint density at radius 2 is 1.70 bits per heavy atom. The van der Waals surface area contributed by atoms with Crippen LogP contribution in [-0.2, 0) is 39.9 Å². The monoisotopic (exact) mass is 743 g/mol. The predicted octanol–water partition coefficient (Wildman–Crippen LogP) is 9.32. The van der Waals surface area contributed by atoms with E-state index in [0.717, 1.165) is 91.9 Å². The van der Waals surface area contributed by atoms with Crippen molar-refractivity contribution in [1.29, 1.82) is 0 Å². The van der Waals surface area contributed by atoms with Crippen LogP contribution in [0.2, 0.25) is 0 Å². The van der Waals surface area contributed by atoms with Gasteiger partial charge >= 0.3 is 18.1 Å². The highest BCUT2D eigenvalue weighted by Crippen LogP contribution is 2.35. The number of carbonyl (C=O) groups is 2. The maximum absolute atomic E-state index is 13.2. The molecule has 12 heteroatoms. The van der Waals surface area contributed by atoms with Crippen LogP contribution in [-0.4, -0.2) is 53.1 Å². The SMILES string of the molecule is CCOC(=O)CCCCN(CCc1ccccc1OCc1ccc(-c2nc3cc(C(F)(F)F)ccc3o2)cc1)C1CCCc2nc(C(=O)OCC)ccc21. The molecular weight excluding hydrogens is 699 g/mol. The van der Waals surface area contributed by atoms with Gasteiger partial charge in [0, 0.05) is 30.3 Å². The van der Waals surface area contributed by atoms with Crippen molar-refractivity contribution in [3.05, 3.63) is 113 Å². The van der Waals surface area contributed by atoms with Gasteiger partial charge in [-0.3, -0.25) is 9.69 Å². The number of ether oxygens (including phenoxy) is 3. The van der Waals surface area contributed by atoms with Gasteiger partial charge in [-0.1, -0.05) is 36.4 Å². The van der Waals surface area contributed by atoms with Crippen molar-refractivity contribution in [2.24, 2.45) is 0 Å². The van der Waals surface area contributed by atoms with Crippen LogP contribution >= 0.6 is 0 Å². The number of aromatic nitrogens is 2. The van der Waals surface area contributed by atoms with Crippen LogP contribution in [0.15, 0.2) is 83.3 Å². The van der Waals surface area contributed by atoms with Crippen LogP contribution in [0.1, 0.15) is 90.4 Å². The first-order valence-corrected chi connectivity index (χ1v) is 18.5. The van der Waals surface area contributed by atoms with Crippen molar-refractivity contribution in [2.75, 3.05) is 26.3 Å². The fraction of sp³-hybridized carbons (Fsp3) is 0.381. The Bertz CT molecular complexity index is 2050. The third-order valence-corrected chi connectivity index (χ3v) is 9.52. The Balaban J connectivity index is 1.13. The number of nitrogens with zero attached hydrogens (tertiary/aromatic N) is 3. The van der Waals surface area contributed by atoms with Gasteiger partial charge in [0.25, 0.3) is 0 Å².